The molecule has 2 fully saturated rings. The van der Waals surface area contributed by atoms with E-state index < -0.39 is 28.3 Å². The Morgan fingerprint density at radius 3 is 2.25 bits per heavy atom. The maximum Gasteiger partial charge on any atom is 0.497 e. The van der Waals surface area contributed by atoms with E-state index in [1.807, 2.05) is 27.7 Å². The Hall–Kier alpha value is -1.25. The summed E-state index contributed by atoms with van der Waals surface area (Å²) in [5.41, 5.74) is 0.0530. The normalized spacial score (nSPS) is 22.5. The van der Waals surface area contributed by atoms with Crippen LogP contribution >= 0.6 is 0 Å². The fourth-order valence-electron chi connectivity index (χ4n) is 2.45. The molecule has 0 unspecified atom stereocenters. The molecular formula is C16H24BNO5S. The van der Waals surface area contributed by atoms with Gasteiger partial charge in [0, 0.05) is 11.2 Å². The van der Waals surface area contributed by atoms with E-state index in [9.17, 15) is 8.42 Å². The maximum atomic E-state index is 11.7. The maximum absolute atomic E-state index is 11.7. The van der Waals surface area contributed by atoms with Crippen molar-refractivity contribution in [2.45, 2.75) is 57.8 Å². The largest absolute Gasteiger partial charge is 0.497 e. The van der Waals surface area contributed by atoms with Crippen LogP contribution in [0.4, 0.5) is 5.69 Å². The third-order valence-corrected chi connectivity index (χ3v) is 5.24. The van der Waals surface area contributed by atoms with Crippen molar-refractivity contribution in [3.8, 4) is 5.75 Å². The first-order chi connectivity index (χ1) is 11.0. The van der Waals surface area contributed by atoms with Crippen molar-refractivity contribution in [1.82, 2.24) is 0 Å². The number of nitrogens with one attached hydrogen (secondary N) is 1. The summed E-state index contributed by atoms with van der Waals surface area (Å²) < 4.78 is 43.8. The van der Waals surface area contributed by atoms with E-state index in [2.05, 4.69) is 4.72 Å². The van der Waals surface area contributed by atoms with Crippen molar-refractivity contribution in [2.75, 3.05) is 11.0 Å². The van der Waals surface area contributed by atoms with Crippen molar-refractivity contribution in [3.05, 3.63) is 18.2 Å². The van der Waals surface area contributed by atoms with Gasteiger partial charge in [0.2, 0.25) is 10.0 Å². The molecule has 0 aromatic heterocycles. The quantitative estimate of drug-likeness (QED) is 0.819. The van der Waals surface area contributed by atoms with Crippen molar-refractivity contribution in [1.29, 1.82) is 0 Å². The third kappa shape index (κ3) is 3.71. The molecule has 132 valence electrons. The van der Waals surface area contributed by atoms with Crippen LogP contribution < -0.4 is 14.9 Å². The Balaban J connectivity index is 1.96. The Morgan fingerprint density at radius 1 is 1.17 bits per heavy atom. The van der Waals surface area contributed by atoms with Gasteiger partial charge in [0.25, 0.3) is 0 Å². The molecule has 1 aromatic rings. The van der Waals surface area contributed by atoms with Crippen LogP contribution in [0.25, 0.3) is 0 Å². The molecule has 1 N–H and O–H groups in total. The Kier molecular flexibility index (Phi) is 4.13. The van der Waals surface area contributed by atoms with Gasteiger partial charge in [0.05, 0.1) is 23.6 Å². The number of hydrogen-bond donors (Lipinski definition) is 1. The van der Waals surface area contributed by atoms with Crippen LogP contribution in [0.2, 0.25) is 0 Å². The molecule has 2 aliphatic rings. The molecule has 8 heteroatoms. The molecule has 0 atom stereocenters. The Labute approximate surface area is 144 Å². The molecule has 0 bridgehead atoms. The summed E-state index contributed by atoms with van der Waals surface area (Å²) in [4.78, 5) is 0. The van der Waals surface area contributed by atoms with Gasteiger partial charge in [-0.2, -0.15) is 0 Å². The SMILES string of the molecule is CC1(C)OB(c2cc(OC3CC3)ccc2NS(C)(=O)=O)OC1(C)C. The molecule has 1 aliphatic heterocycles. The predicted octanol–water partition coefficient (Wildman–Crippen LogP) is 1.90. The summed E-state index contributed by atoms with van der Waals surface area (Å²) >= 11 is 0. The first kappa shape index (κ1) is 17.6. The minimum absolute atomic E-state index is 0.255. The van der Waals surface area contributed by atoms with Crippen molar-refractivity contribution in [2.24, 2.45) is 0 Å². The fraction of sp³-hybridized carbons (Fsp3) is 0.625. The lowest BCUT2D eigenvalue weighted by atomic mass is 9.78. The molecule has 0 spiro atoms. The Morgan fingerprint density at radius 2 is 1.75 bits per heavy atom. The fourth-order valence-corrected chi connectivity index (χ4v) is 3.04. The predicted molar refractivity (Wildman–Crippen MR) is 94.3 cm³/mol. The van der Waals surface area contributed by atoms with Gasteiger partial charge >= 0.3 is 7.12 Å². The topological polar surface area (TPSA) is 73.9 Å². The highest BCUT2D eigenvalue weighted by molar-refractivity contribution is 7.92. The second-order valence-electron chi connectivity index (χ2n) is 7.53. The van der Waals surface area contributed by atoms with Gasteiger partial charge in [0.15, 0.2) is 0 Å². The number of benzene rings is 1. The summed E-state index contributed by atoms with van der Waals surface area (Å²) in [6.45, 7) is 7.84. The second-order valence-corrected chi connectivity index (χ2v) is 9.28. The highest BCUT2D eigenvalue weighted by atomic mass is 32.2. The average Bonchev–Trinajstić information content (AvgIpc) is 3.17. The lowest BCUT2D eigenvalue weighted by Gasteiger charge is -2.32. The van der Waals surface area contributed by atoms with Gasteiger partial charge in [-0.1, -0.05) is 0 Å². The monoisotopic (exact) mass is 353 g/mol. The lowest BCUT2D eigenvalue weighted by molar-refractivity contribution is 0.00578. The van der Waals surface area contributed by atoms with Crippen LogP contribution in [-0.2, 0) is 19.3 Å². The van der Waals surface area contributed by atoms with Gasteiger partial charge in [0.1, 0.15) is 5.75 Å². The number of ether oxygens (including phenoxy) is 1. The van der Waals surface area contributed by atoms with E-state index in [-0.39, 0.29) is 6.10 Å². The first-order valence-electron chi connectivity index (χ1n) is 8.11. The van der Waals surface area contributed by atoms with Crippen LogP contribution in [-0.4, -0.2) is 39.1 Å². The third-order valence-electron chi connectivity index (χ3n) is 4.65. The number of anilines is 1. The molecule has 1 saturated heterocycles. The van der Waals surface area contributed by atoms with Crippen LogP contribution in [0.5, 0.6) is 5.75 Å². The zero-order valence-electron chi connectivity index (χ0n) is 14.8. The average molecular weight is 353 g/mol. The minimum atomic E-state index is -3.41. The minimum Gasteiger partial charge on any atom is -0.490 e. The molecule has 0 radical (unpaired) electrons. The van der Waals surface area contributed by atoms with Crippen LogP contribution in [0.1, 0.15) is 40.5 Å². The van der Waals surface area contributed by atoms with Crippen LogP contribution in [0.3, 0.4) is 0 Å². The molecule has 1 heterocycles. The summed E-state index contributed by atoms with van der Waals surface area (Å²) in [5.74, 6) is 0.696. The number of hydrogen-bond acceptors (Lipinski definition) is 5. The summed E-state index contributed by atoms with van der Waals surface area (Å²) in [6.07, 6.45) is 3.48. The Bertz CT molecular complexity index is 727. The summed E-state index contributed by atoms with van der Waals surface area (Å²) in [5, 5.41) is 0. The second kappa shape index (κ2) is 5.64. The molecule has 1 aliphatic carbocycles. The molecule has 24 heavy (non-hydrogen) atoms. The van der Waals surface area contributed by atoms with Crippen LogP contribution in [0.15, 0.2) is 18.2 Å². The van der Waals surface area contributed by atoms with Gasteiger partial charge in [-0.05, 0) is 58.7 Å². The van der Waals surface area contributed by atoms with E-state index >= 15 is 0 Å². The summed E-state index contributed by atoms with van der Waals surface area (Å²) in [6, 6.07) is 5.26. The zero-order chi connectivity index (χ0) is 17.8. The highest BCUT2D eigenvalue weighted by Gasteiger charge is 2.52. The number of rotatable bonds is 5. The van der Waals surface area contributed by atoms with Gasteiger partial charge in [-0.15, -0.1) is 0 Å². The lowest BCUT2D eigenvalue weighted by Crippen LogP contribution is -2.41. The highest BCUT2D eigenvalue weighted by Crippen LogP contribution is 2.37. The summed E-state index contributed by atoms with van der Waals surface area (Å²) in [7, 11) is -4.08. The molecule has 6 nitrogen and oxygen atoms in total. The molecule has 1 aromatic carbocycles. The zero-order valence-corrected chi connectivity index (χ0v) is 15.6. The van der Waals surface area contributed by atoms with Crippen molar-refractivity contribution < 1.29 is 22.5 Å². The molecular weight excluding hydrogens is 329 g/mol. The standard InChI is InChI=1S/C16H24BNO5S/c1-15(2)16(3,4)23-17(22-15)13-10-12(21-11-6-7-11)8-9-14(13)18-24(5,19)20/h8-11,18H,6-7H2,1-5H3. The molecule has 0 amide bonds. The van der Waals surface area contributed by atoms with Crippen molar-refractivity contribution in [3.63, 3.8) is 0 Å². The van der Waals surface area contributed by atoms with E-state index in [1.165, 1.54) is 0 Å². The molecule has 3 rings (SSSR count). The smallest absolute Gasteiger partial charge is 0.490 e. The number of sulfonamides is 1. The van der Waals surface area contributed by atoms with Crippen molar-refractivity contribution >= 4 is 28.3 Å². The van der Waals surface area contributed by atoms with E-state index in [1.54, 1.807) is 18.2 Å². The first-order valence-corrected chi connectivity index (χ1v) is 10.00. The van der Waals surface area contributed by atoms with E-state index in [0.29, 0.717) is 16.9 Å². The van der Waals surface area contributed by atoms with Gasteiger partial charge < -0.3 is 14.0 Å². The van der Waals surface area contributed by atoms with E-state index in [0.717, 1.165) is 19.1 Å². The molecule has 1 saturated carbocycles. The van der Waals surface area contributed by atoms with E-state index in [4.69, 9.17) is 14.0 Å². The van der Waals surface area contributed by atoms with Gasteiger partial charge in [-0.25, -0.2) is 8.42 Å². The van der Waals surface area contributed by atoms with Gasteiger partial charge in [-0.3, -0.25) is 4.72 Å². The van der Waals surface area contributed by atoms with Crippen LogP contribution in [0, 0.1) is 0 Å².